The molecule has 7 heteroatoms. The summed E-state index contributed by atoms with van der Waals surface area (Å²) in [6, 6.07) is 15.5. The van der Waals surface area contributed by atoms with E-state index in [-0.39, 0.29) is 11.8 Å². The summed E-state index contributed by atoms with van der Waals surface area (Å²) >= 11 is 0. The zero-order valence-electron chi connectivity index (χ0n) is 24.1. The van der Waals surface area contributed by atoms with Crippen LogP contribution < -0.4 is 14.3 Å². The number of nitrogens with zero attached hydrogens (tertiary/aromatic N) is 4. The lowest BCUT2D eigenvalue weighted by atomic mass is 9.97. The molecule has 1 aromatic heterocycles. The first-order valence-electron chi connectivity index (χ1n) is 12.9. The molecule has 2 amide bonds. The second kappa shape index (κ2) is 10.5. The second-order valence-corrected chi connectivity index (χ2v) is 10.9. The molecule has 0 unspecified atom stereocenters. The number of aryl methyl sites for hydroxylation is 1. The number of allylic oxidation sites excluding steroid dienone is 2. The van der Waals surface area contributed by atoms with Crippen molar-refractivity contribution in [3.8, 4) is 11.5 Å². The molecular formula is C32H37N4O3+. The van der Waals surface area contributed by atoms with Gasteiger partial charge in [-0.05, 0) is 75.7 Å². The third kappa shape index (κ3) is 5.10. The highest BCUT2D eigenvalue weighted by molar-refractivity contribution is 6.39. The van der Waals surface area contributed by atoms with E-state index in [0.717, 1.165) is 29.1 Å². The maximum Gasteiger partial charge on any atom is 0.266 e. The van der Waals surface area contributed by atoms with Crippen LogP contribution in [0.25, 0.3) is 17.0 Å². The smallest absolute Gasteiger partial charge is 0.266 e. The molecular weight excluding hydrogens is 488 g/mol. The van der Waals surface area contributed by atoms with Crippen LogP contribution in [0, 0.1) is 6.92 Å². The number of imide groups is 1. The fourth-order valence-electron chi connectivity index (χ4n) is 4.90. The summed E-state index contributed by atoms with van der Waals surface area (Å²) in [6.45, 7) is 12.0. The third-order valence-corrected chi connectivity index (χ3v) is 7.13. The molecule has 0 atom stereocenters. The molecule has 202 valence electrons. The van der Waals surface area contributed by atoms with Crippen molar-refractivity contribution in [3.63, 3.8) is 0 Å². The molecule has 4 rings (SSSR count). The Kier molecular flexibility index (Phi) is 7.48. The molecule has 0 saturated carbocycles. The summed E-state index contributed by atoms with van der Waals surface area (Å²) in [7, 11) is 8.14. The minimum Gasteiger partial charge on any atom is -0.441 e. The van der Waals surface area contributed by atoms with Crippen molar-refractivity contribution in [1.29, 1.82) is 0 Å². The van der Waals surface area contributed by atoms with Gasteiger partial charge in [0.1, 0.15) is 23.7 Å². The van der Waals surface area contributed by atoms with Gasteiger partial charge in [0.15, 0.2) is 0 Å². The van der Waals surface area contributed by atoms with Gasteiger partial charge in [-0.3, -0.25) is 14.1 Å². The number of likely N-dealkylation sites (N-methyl/N-ethyl adjacent to an activating group) is 1. The van der Waals surface area contributed by atoms with Crippen LogP contribution >= 0.6 is 0 Å². The Labute approximate surface area is 231 Å². The van der Waals surface area contributed by atoms with Gasteiger partial charge in [0.25, 0.3) is 11.8 Å². The Balaban J connectivity index is 1.75. The summed E-state index contributed by atoms with van der Waals surface area (Å²) in [5, 5.41) is 0. The van der Waals surface area contributed by atoms with Gasteiger partial charge in [-0.15, -0.1) is 0 Å². The van der Waals surface area contributed by atoms with Gasteiger partial charge < -0.3 is 9.32 Å². The van der Waals surface area contributed by atoms with Crippen molar-refractivity contribution < 1.29 is 14.0 Å². The molecule has 0 N–H and O–H groups in total. The second-order valence-electron chi connectivity index (χ2n) is 10.9. The number of anilines is 2. The first kappa shape index (κ1) is 27.8. The number of carbonyl (C=O) groups excluding carboxylic acids is 2. The molecule has 0 spiro atoms. The SMILES string of the molecule is C=CC[N+](C)(C)c1ccc(N2C(=O)C(=C(C)C)/C(=C(\C)c3nc(-c4ccc(N(C)C)cc4)oc3C)C2=O)cc1. The fourth-order valence-corrected chi connectivity index (χ4v) is 4.90. The predicted octanol–water partition coefficient (Wildman–Crippen LogP) is 6.15. The Bertz CT molecular complexity index is 1500. The third-order valence-electron chi connectivity index (χ3n) is 7.13. The van der Waals surface area contributed by atoms with E-state index in [4.69, 9.17) is 9.40 Å². The summed E-state index contributed by atoms with van der Waals surface area (Å²) in [5.41, 5.74) is 6.21. The minimum atomic E-state index is -0.361. The van der Waals surface area contributed by atoms with Crippen molar-refractivity contribution in [1.82, 2.24) is 9.47 Å². The van der Waals surface area contributed by atoms with E-state index in [0.29, 0.717) is 44.2 Å². The number of oxazole rings is 1. The number of benzene rings is 2. The van der Waals surface area contributed by atoms with Crippen LogP contribution in [-0.4, -0.2) is 51.5 Å². The molecule has 3 aromatic rings. The summed E-state index contributed by atoms with van der Waals surface area (Å²) in [5.74, 6) is 0.365. The highest BCUT2D eigenvalue weighted by Gasteiger charge is 2.42. The van der Waals surface area contributed by atoms with Crippen molar-refractivity contribution in [2.75, 3.05) is 44.5 Å². The van der Waals surface area contributed by atoms with Crippen molar-refractivity contribution in [2.24, 2.45) is 0 Å². The van der Waals surface area contributed by atoms with Gasteiger partial charge in [0.2, 0.25) is 5.89 Å². The molecule has 1 aliphatic heterocycles. The lowest BCUT2D eigenvalue weighted by Crippen LogP contribution is -2.40. The summed E-state index contributed by atoms with van der Waals surface area (Å²) in [6.07, 6.45) is 1.87. The topological polar surface area (TPSA) is 66.7 Å². The van der Waals surface area contributed by atoms with E-state index in [9.17, 15) is 9.59 Å². The lowest BCUT2D eigenvalue weighted by Gasteiger charge is -2.28. The fraction of sp³-hybridized carbons (Fsp3) is 0.281. The summed E-state index contributed by atoms with van der Waals surface area (Å²) < 4.78 is 6.63. The molecule has 1 fully saturated rings. The Morgan fingerprint density at radius 3 is 2.10 bits per heavy atom. The van der Waals surface area contributed by atoms with E-state index in [1.807, 2.05) is 101 Å². The highest BCUT2D eigenvalue weighted by atomic mass is 16.4. The van der Waals surface area contributed by atoms with Gasteiger partial charge in [-0.2, -0.15) is 0 Å². The molecule has 0 bridgehead atoms. The van der Waals surface area contributed by atoms with E-state index < -0.39 is 0 Å². The van der Waals surface area contributed by atoms with Crippen molar-refractivity contribution in [2.45, 2.75) is 27.7 Å². The van der Waals surface area contributed by atoms with Crippen molar-refractivity contribution >= 4 is 34.4 Å². The molecule has 0 aliphatic carbocycles. The molecule has 7 nitrogen and oxygen atoms in total. The van der Waals surface area contributed by atoms with Crippen LogP contribution in [0.2, 0.25) is 0 Å². The lowest BCUT2D eigenvalue weighted by molar-refractivity contribution is -0.119. The standard InChI is InChI=1S/C32H37N4O3/c1-10-19-36(8,9)26-17-15-25(16-18-26)35-31(37)27(20(2)3)28(32(35)38)21(4)29-22(5)39-30(33-29)23-11-13-24(14-12-23)34(6)7/h10-18H,1,19H2,2-9H3/q+1/b28-21-. The Hall–Kier alpha value is -4.23. The minimum absolute atomic E-state index is 0.331. The molecule has 1 aliphatic rings. The van der Waals surface area contributed by atoms with Crippen LogP contribution in [0.4, 0.5) is 17.1 Å². The monoisotopic (exact) mass is 525 g/mol. The van der Waals surface area contributed by atoms with E-state index >= 15 is 0 Å². The first-order chi connectivity index (χ1) is 18.4. The van der Waals surface area contributed by atoms with Crippen LogP contribution in [0.3, 0.4) is 0 Å². The average molecular weight is 526 g/mol. The average Bonchev–Trinajstić information content (AvgIpc) is 3.40. The van der Waals surface area contributed by atoms with Gasteiger partial charge >= 0.3 is 0 Å². The maximum absolute atomic E-state index is 13.9. The molecule has 2 aromatic carbocycles. The first-order valence-corrected chi connectivity index (χ1v) is 12.9. The summed E-state index contributed by atoms with van der Waals surface area (Å²) in [4.78, 5) is 35.5. The van der Waals surface area contributed by atoms with Crippen LogP contribution in [0.5, 0.6) is 0 Å². The van der Waals surface area contributed by atoms with E-state index in [1.165, 1.54) is 4.90 Å². The number of hydrogen-bond acceptors (Lipinski definition) is 5. The number of carbonyl (C=O) groups is 2. The molecule has 2 heterocycles. The Morgan fingerprint density at radius 2 is 1.56 bits per heavy atom. The number of amides is 2. The van der Waals surface area contributed by atoms with Gasteiger partial charge in [-0.1, -0.05) is 12.2 Å². The van der Waals surface area contributed by atoms with Crippen LogP contribution in [0.1, 0.15) is 32.2 Å². The predicted molar refractivity (Wildman–Crippen MR) is 160 cm³/mol. The Morgan fingerprint density at radius 1 is 0.974 bits per heavy atom. The highest BCUT2D eigenvalue weighted by Crippen LogP contribution is 2.38. The van der Waals surface area contributed by atoms with E-state index in [1.54, 1.807) is 0 Å². The van der Waals surface area contributed by atoms with Gasteiger partial charge in [0.05, 0.1) is 30.9 Å². The quantitative estimate of drug-likeness (QED) is 0.160. The molecule has 39 heavy (non-hydrogen) atoms. The van der Waals surface area contributed by atoms with Crippen LogP contribution in [0.15, 0.2) is 82.3 Å². The normalized spacial score (nSPS) is 15.2. The van der Waals surface area contributed by atoms with E-state index in [2.05, 4.69) is 20.7 Å². The number of rotatable bonds is 7. The maximum atomic E-state index is 13.9. The number of quaternary nitrogens is 1. The molecule has 0 radical (unpaired) electrons. The van der Waals surface area contributed by atoms with Crippen LogP contribution in [-0.2, 0) is 9.59 Å². The largest absolute Gasteiger partial charge is 0.441 e. The zero-order valence-corrected chi connectivity index (χ0v) is 24.1. The van der Waals surface area contributed by atoms with Gasteiger partial charge in [0, 0.05) is 37.5 Å². The molecule has 1 saturated heterocycles. The zero-order chi connectivity index (χ0) is 28.6. The van der Waals surface area contributed by atoms with Crippen molar-refractivity contribution in [3.05, 3.63) is 89.4 Å². The van der Waals surface area contributed by atoms with Gasteiger partial charge in [-0.25, -0.2) is 9.88 Å². The number of aromatic nitrogens is 1. The number of hydrogen-bond donors (Lipinski definition) is 0.